The van der Waals surface area contributed by atoms with Gasteiger partial charge in [0.15, 0.2) is 0 Å². The Morgan fingerprint density at radius 2 is 1.66 bits per heavy atom. The Bertz CT molecular complexity index is 1120. The van der Waals surface area contributed by atoms with Gasteiger partial charge in [0.25, 0.3) is 11.7 Å². The number of aromatic nitrogens is 2. The number of para-hydroxylation sites is 2. The minimum atomic E-state index is -0.541. The van der Waals surface area contributed by atoms with Crippen molar-refractivity contribution in [2.24, 2.45) is 0 Å². The van der Waals surface area contributed by atoms with Gasteiger partial charge in [0.2, 0.25) is 0 Å². The van der Waals surface area contributed by atoms with Gasteiger partial charge in [-0.3, -0.25) is 9.59 Å². The van der Waals surface area contributed by atoms with E-state index in [-0.39, 0.29) is 0 Å². The molecule has 1 saturated heterocycles. The zero-order chi connectivity index (χ0) is 22.7. The lowest BCUT2D eigenvalue weighted by Crippen LogP contribution is -2.38. The van der Waals surface area contributed by atoms with Crippen LogP contribution in [0.15, 0.2) is 54.6 Å². The number of carbonyl (C=O) groups is 2. The van der Waals surface area contributed by atoms with Crippen molar-refractivity contribution in [1.29, 1.82) is 0 Å². The van der Waals surface area contributed by atoms with E-state index in [0.29, 0.717) is 36.7 Å². The Balaban J connectivity index is 1.55. The zero-order valence-electron chi connectivity index (χ0n) is 18.7. The first-order valence-corrected chi connectivity index (χ1v) is 10.8. The molecule has 0 N–H and O–H groups in total. The van der Waals surface area contributed by atoms with E-state index in [4.69, 9.17) is 4.74 Å². The molecule has 0 saturated carbocycles. The molecule has 0 bridgehead atoms. The van der Waals surface area contributed by atoms with Crippen LogP contribution < -0.4 is 4.90 Å². The van der Waals surface area contributed by atoms with Crippen LogP contribution in [0, 0.1) is 13.8 Å². The lowest BCUT2D eigenvalue weighted by Gasteiger charge is -2.31. The van der Waals surface area contributed by atoms with Crippen LogP contribution in [0.25, 0.3) is 5.69 Å². The third-order valence-corrected chi connectivity index (χ3v) is 5.81. The largest absolute Gasteiger partial charge is 0.378 e. The minimum absolute atomic E-state index is 0.350. The number of nitrogens with zero attached hydrogens (tertiary/aromatic N) is 4. The van der Waals surface area contributed by atoms with Crippen molar-refractivity contribution < 1.29 is 14.3 Å². The van der Waals surface area contributed by atoms with Crippen LogP contribution >= 0.6 is 0 Å². The first-order valence-electron chi connectivity index (χ1n) is 10.8. The Morgan fingerprint density at radius 3 is 2.38 bits per heavy atom. The van der Waals surface area contributed by atoms with Gasteiger partial charge >= 0.3 is 0 Å². The Morgan fingerprint density at radius 1 is 1.00 bits per heavy atom. The highest BCUT2D eigenvalue weighted by molar-refractivity contribution is 6.43. The van der Waals surface area contributed by atoms with Crippen LogP contribution in [0.1, 0.15) is 27.3 Å². The van der Waals surface area contributed by atoms with Crippen LogP contribution in [0.3, 0.4) is 0 Å². The lowest BCUT2D eigenvalue weighted by molar-refractivity contribution is -0.125. The normalized spacial score (nSPS) is 13.8. The minimum Gasteiger partial charge on any atom is -0.378 e. The third-order valence-electron chi connectivity index (χ3n) is 5.81. The number of aryl methyl sites for hydroxylation is 1. The number of benzene rings is 2. The van der Waals surface area contributed by atoms with Gasteiger partial charge in [-0.05, 0) is 37.6 Å². The number of rotatable bonds is 6. The van der Waals surface area contributed by atoms with Gasteiger partial charge in [0.05, 0.1) is 35.9 Å². The standard InChI is InChI=1S/C25H28N4O3/c1-18-23(19(2)29(26-18)21-10-5-4-6-11-21)24(30)25(31)27(3)17-20-9-7-8-12-22(20)28-13-15-32-16-14-28/h4-12H,13-17H2,1-3H3. The Kier molecular flexibility index (Phi) is 6.37. The Labute approximate surface area is 188 Å². The van der Waals surface area contributed by atoms with Gasteiger partial charge in [-0.15, -0.1) is 0 Å². The molecule has 7 heteroatoms. The maximum absolute atomic E-state index is 13.2. The molecule has 0 aliphatic carbocycles. The van der Waals surface area contributed by atoms with E-state index in [2.05, 4.69) is 16.1 Å². The molecule has 0 atom stereocenters. The van der Waals surface area contributed by atoms with Gasteiger partial charge in [0, 0.05) is 32.4 Å². The van der Waals surface area contributed by atoms with Crippen molar-refractivity contribution in [1.82, 2.24) is 14.7 Å². The highest BCUT2D eigenvalue weighted by Crippen LogP contribution is 2.24. The molecule has 1 aliphatic heterocycles. The third kappa shape index (κ3) is 4.29. The van der Waals surface area contributed by atoms with E-state index in [1.807, 2.05) is 55.5 Å². The summed E-state index contributed by atoms with van der Waals surface area (Å²) < 4.78 is 7.17. The monoisotopic (exact) mass is 432 g/mol. The summed E-state index contributed by atoms with van der Waals surface area (Å²) >= 11 is 0. The van der Waals surface area contributed by atoms with E-state index in [9.17, 15) is 9.59 Å². The molecule has 32 heavy (non-hydrogen) atoms. The second-order valence-electron chi connectivity index (χ2n) is 8.01. The Hall–Kier alpha value is -3.45. The SMILES string of the molecule is Cc1nn(-c2ccccc2)c(C)c1C(=O)C(=O)N(C)Cc1ccccc1N1CCOCC1. The lowest BCUT2D eigenvalue weighted by atomic mass is 10.1. The van der Waals surface area contributed by atoms with Gasteiger partial charge in [-0.2, -0.15) is 5.10 Å². The molecule has 0 radical (unpaired) electrons. The number of anilines is 1. The maximum atomic E-state index is 13.2. The molecule has 2 aromatic carbocycles. The first kappa shape index (κ1) is 21.8. The molecule has 2 heterocycles. The van der Waals surface area contributed by atoms with E-state index < -0.39 is 11.7 Å². The number of carbonyl (C=O) groups excluding carboxylic acids is 2. The summed E-state index contributed by atoms with van der Waals surface area (Å²) in [6.07, 6.45) is 0. The number of hydrogen-bond donors (Lipinski definition) is 0. The molecule has 7 nitrogen and oxygen atoms in total. The van der Waals surface area contributed by atoms with Gasteiger partial charge < -0.3 is 14.5 Å². The fraction of sp³-hybridized carbons (Fsp3) is 0.320. The summed E-state index contributed by atoms with van der Waals surface area (Å²) in [6, 6.07) is 17.6. The summed E-state index contributed by atoms with van der Waals surface area (Å²) in [5.74, 6) is -1.07. The fourth-order valence-electron chi connectivity index (χ4n) is 4.16. The van der Waals surface area contributed by atoms with E-state index in [1.165, 1.54) is 4.90 Å². The van der Waals surface area contributed by atoms with Crippen LogP contribution in [0.4, 0.5) is 5.69 Å². The van der Waals surface area contributed by atoms with E-state index in [0.717, 1.165) is 30.0 Å². The van der Waals surface area contributed by atoms with Crippen molar-refractivity contribution in [3.8, 4) is 5.69 Å². The van der Waals surface area contributed by atoms with Crippen LogP contribution in [-0.2, 0) is 16.1 Å². The molecule has 1 fully saturated rings. The number of ketones is 1. The summed E-state index contributed by atoms with van der Waals surface area (Å²) in [5, 5.41) is 4.51. The molecular weight excluding hydrogens is 404 g/mol. The first-order chi connectivity index (χ1) is 15.5. The average Bonchev–Trinajstić information content (AvgIpc) is 3.13. The number of likely N-dealkylation sites (N-methyl/N-ethyl adjacent to an activating group) is 1. The van der Waals surface area contributed by atoms with Crippen molar-refractivity contribution in [3.05, 3.63) is 77.1 Å². The zero-order valence-corrected chi connectivity index (χ0v) is 18.7. The molecule has 1 amide bonds. The average molecular weight is 433 g/mol. The maximum Gasteiger partial charge on any atom is 0.295 e. The van der Waals surface area contributed by atoms with Gasteiger partial charge in [0.1, 0.15) is 0 Å². The molecule has 4 rings (SSSR count). The number of hydrogen-bond acceptors (Lipinski definition) is 5. The van der Waals surface area contributed by atoms with Gasteiger partial charge in [-0.1, -0.05) is 36.4 Å². The quantitative estimate of drug-likeness (QED) is 0.442. The molecule has 166 valence electrons. The topological polar surface area (TPSA) is 67.7 Å². The van der Waals surface area contributed by atoms with Gasteiger partial charge in [-0.25, -0.2) is 4.68 Å². The highest BCUT2D eigenvalue weighted by atomic mass is 16.5. The second-order valence-corrected chi connectivity index (χ2v) is 8.01. The van der Waals surface area contributed by atoms with Crippen molar-refractivity contribution in [2.75, 3.05) is 38.3 Å². The molecule has 1 aromatic heterocycles. The molecular formula is C25H28N4O3. The smallest absolute Gasteiger partial charge is 0.295 e. The summed E-state index contributed by atoms with van der Waals surface area (Å²) in [4.78, 5) is 30.0. The fourth-order valence-corrected chi connectivity index (χ4v) is 4.16. The predicted molar refractivity (Wildman–Crippen MR) is 123 cm³/mol. The summed E-state index contributed by atoms with van der Waals surface area (Å²) in [7, 11) is 1.67. The predicted octanol–water partition coefficient (Wildman–Crippen LogP) is 3.17. The highest BCUT2D eigenvalue weighted by Gasteiger charge is 2.28. The van der Waals surface area contributed by atoms with E-state index >= 15 is 0 Å². The molecule has 1 aliphatic rings. The number of amides is 1. The second kappa shape index (κ2) is 9.36. The van der Waals surface area contributed by atoms with Crippen molar-refractivity contribution >= 4 is 17.4 Å². The van der Waals surface area contributed by atoms with Crippen molar-refractivity contribution in [3.63, 3.8) is 0 Å². The van der Waals surface area contributed by atoms with Crippen LogP contribution in [0.2, 0.25) is 0 Å². The summed E-state index contributed by atoms with van der Waals surface area (Å²) in [6.45, 7) is 6.93. The number of morpholine rings is 1. The van der Waals surface area contributed by atoms with Crippen LogP contribution in [0.5, 0.6) is 0 Å². The molecule has 0 spiro atoms. The number of Topliss-reactive ketones (excluding diaryl/α,β-unsaturated/α-hetero) is 1. The molecule has 0 unspecified atom stereocenters. The van der Waals surface area contributed by atoms with Crippen LogP contribution in [-0.4, -0.2) is 59.7 Å². The number of ether oxygens (including phenoxy) is 1. The summed E-state index contributed by atoms with van der Waals surface area (Å²) in [5.41, 5.74) is 4.51. The van der Waals surface area contributed by atoms with Crippen molar-refractivity contribution in [2.45, 2.75) is 20.4 Å². The van der Waals surface area contributed by atoms with E-state index in [1.54, 1.807) is 18.7 Å². The molecule has 3 aromatic rings.